The number of carbonyl (C=O) groups excluding carboxylic acids is 3. The number of ketones is 1. The summed E-state index contributed by atoms with van der Waals surface area (Å²) in [5.74, 6) is -2.28. The minimum Gasteiger partial charge on any atom is -0.492 e. The van der Waals surface area contributed by atoms with Gasteiger partial charge >= 0.3 is 18.1 Å². The van der Waals surface area contributed by atoms with E-state index in [1.54, 1.807) is 103 Å². The molecule has 7 nitrogen and oxygen atoms in total. The number of nitrogens with zero attached hydrogens (tertiary/aromatic N) is 1. The molecule has 228 valence electrons. The van der Waals surface area contributed by atoms with Crippen molar-refractivity contribution >= 4 is 23.3 Å². The molecule has 4 aromatic carbocycles. The van der Waals surface area contributed by atoms with Crippen LogP contribution in [0.15, 0.2) is 109 Å². The second kappa shape index (κ2) is 14.9. The minimum atomic E-state index is -5.00. The molecule has 1 amide bonds. The van der Waals surface area contributed by atoms with E-state index in [0.717, 1.165) is 5.56 Å². The number of anilines is 1. The van der Waals surface area contributed by atoms with Gasteiger partial charge in [-0.15, -0.1) is 0 Å². The van der Waals surface area contributed by atoms with E-state index in [4.69, 9.17) is 9.47 Å². The van der Waals surface area contributed by atoms with Crippen molar-refractivity contribution < 1.29 is 37.0 Å². The zero-order chi connectivity index (χ0) is 31.5. The van der Waals surface area contributed by atoms with Gasteiger partial charge in [0.05, 0.1) is 13.7 Å². The first-order valence-corrected chi connectivity index (χ1v) is 13.8. The first-order chi connectivity index (χ1) is 21.2. The van der Waals surface area contributed by atoms with Crippen LogP contribution in [0.3, 0.4) is 0 Å². The molecule has 0 aliphatic heterocycles. The van der Waals surface area contributed by atoms with Crippen molar-refractivity contribution in [3.63, 3.8) is 0 Å². The number of hydrogen-bond donors (Lipinski definition) is 1. The molecule has 0 aliphatic carbocycles. The molecular weight excluding hydrogens is 573 g/mol. The van der Waals surface area contributed by atoms with Gasteiger partial charge in [-0.1, -0.05) is 84.9 Å². The smallest absolute Gasteiger partial charge is 0.471 e. The predicted molar refractivity (Wildman–Crippen MR) is 159 cm³/mol. The average Bonchev–Trinajstić information content (AvgIpc) is 3.04. The fourth-order valence-electron chi connectivity index (χ4n) is 4.54. The molecule has 0 saturated carbocycles. The molecule has 0 aliphatic rings. The Kier molecular flexibility index (Phi) is 10.7. The number of ether oxygens (including phenoxy) is 2. The number of rotatable bonds is 13. The fourth-order valence-corrected chi connectivity index (χ4v) is 4.54. The molecule has 10 heteroatoms. The first-order valence-electron chi connectivity index (χ1n) is 13.8. The van der Waals surface area contributed by atoms with Crippen LogP contribution in [0.2, 0.25) is 0 Å². The molecule has 0 saturated heterocycles. The van der Waals surface area contributed by atoms with E-state index in [9.17, 15) is 27.6 Å². The third-order valence-electron chi connectivity index (χ3n) is 6.76. The summed E-state index contributed by atoms with van der Waals surface area (Å²) >= 11 is 0. The molecule has 0 spiro atoms. The Bertz CT molecular complexity index is 1540. The second-order valence-electron chi connectivity index (χ2n) is 9.87. The van der Waals surface area contributed by atoms with Gasteiger partial charge in [0.25, 0.3) is 0 Å². The van der Waals surface area contributed by atoms with Crippen molar-refractivity contribution in [1.29, 1.82) is 0 Å². The quantitative estimate of drug-likeness (QED) is 0.147. The predicted octanol–water partition coefficient (Wildman–Crippen LogP) is 6.08. The van der Waals surface area contributed by atoms with Crippen LogP contribution < -0.4 is 10.1 Å². The normalized spacial score (nSPS) is 11.7. The summed E-state index contributed by atoms with van der Waals surface area (Å²) in [7, 11) is 1.28. The molecule has 0 fully saturated rings. The highest BCUT2D eigenvalue weighted by atomic mass is 19.4. The number of methoxy groups -OCH3 is 1. The van der Waals surface area contributed by atoms with Crippen LogP contribution in [0.5, 0.6) is 5.75 Å². The van der Waals surface area contributed by atoms with E-state index in [1.807, 2.05) is 6.07 Å². The summed E-state index contributed by atoms with van der Waals surface area (Å²) in [6, 6.07) is 30.0. The van der Waals surface area contributed by atoms with E-state index >= 15 is 0 Å². The van der Waals surface area contributed by atoms with Gasteiger partial charge in [0.2, 0.25) is 0 Å². The summed E-state index contributed by atoms with van der Waals surface area (Å²) in [5, 5.41) is 3.15. The van der Waals surface area contributed by atoms with E-state index in [2.05, 4.69) is 5.32 Å². The van der Waals surface area contributed by atoms with E-state index in [1.165, 1.54) is 7.11 Å². The summed E-state index contributed by atoms with van der Waals surface area (Å²) < 4.78 is 50.2. The third kappa shape index (κ3) is 8.70. The zero-order valence-electron chi connectivity index (χ0n) is 23.9. The molecule has 1 N–H and O–H groups in total. The van der Waals surface area contributed by atoms with Gasteiger partial charge in [-0.25, -0.2) is 4.79 Å². The first kappa shape index (κ1) is 31.8. The highest BCUT2D eigenvalue weighted by Gasteiger charge is 2.42. The van der Waals surface area contributed by atoms with Gasteiger partial charge < -0.3 is 19.7 Å². The molecule has 0 aromatic heterocycles. The van der Waals surface area contributed by atoms with Crippen LogP contribution in [-0.2, 0) is 27.3 Å². The molecule has 4 aromatic rings. The Labute approximate surface area is 253 Å². The van der Waals surface area contributed by atoms with Gasteiger partial charge in [0.1, 0.15) is 18.4 Å². The number of carbonyl (C=O) groups is 3. The summed E-state index contributed by atoms with van der Waals surface area (Å²) in [4.78, 5) is 38.5. The molecule has 0 unspecified atom stereocenters. The number of nitrogens with one attached hydrogen (secondary N) is 1. The van der Waals surface area contributed by atoms with Gasteiger partial charge in [-0.05, 0) is 35.4 Å². The standard InChI is InChI=1S/C34H31F3N2O5/c1-43-32(41)30(38-29-15-9-8-14-28(29)31(40)26-12-6-3-7-13-26)22-24-16-18-27(19-17-24)44-21-20-39(33(42)34(35,36)37)23-25-10-4-2-5-11-25/h2-19,30,38H,20-23H2,1H3/t30-/m0/s1. The maximum absolute atomic E-state index is 13.2. The minimum absolute atomic E-state index is 0.160. The molecular formula is C34H31F3N2O5. The lowest BCUT2D eigenvalue weighted by molar-refractivity contribution is -0.186. The van der Waals surface area contributed by atoms with Crippen molar-refractivity contribution in [2.45, 2.75) is 25.2 Å². The maximum Gasteiger partial charge on any atom is 0.471 e. The Hall–Kier alpha value is -5.12. The summed E-state index contributed by atoms with van der Waals surface area (Å²) in [6.07, 6.45) is -4.79. The van der Waals surface area contributed by atoms with Crippen LogP contribution in [0, 0.1) is 0 Å². The number of amides is 1. The third-order valence-corrected chi connectivity index (χ3v) is 6.76. The Morgan fingerprint density at radius 3 is 2.05 bits per heavy atom. The Balaban J connectivity index is 1.40. The monoisotopic (exact) mass is 604 g/mol. The Morgan fingerprint density at radius 2 is 1.41 bits per heavy atom. The highest BCUT2D eigenvalue weighted by molar-refractivity contribution is 6.12. The topological polar surface area (TPSA) is 84.9 Å². The number of para-hydroxylation sites is 1. The lowest BCUT2D eigenvalue weighted by Crippen LogP contribution is -2.42. The number of hydrogen-bond acceptors (Lipinski definition) is 6. The van der Waals surface area contributed by atoms with Crippen molar-refractivity contribution in [2.24, 2.45) is 0 Å². The molecule has 1 atom stereocenters. The summed E-state index contributed by atoms with van der Waals surface area (Å²) in [5.41, 5.74) is 2.70. The van der Waals surface area contributed by atoms with E-state index in [-0.39, 0.29) is 31.9 Å². The van der Waals surface area contributed by atoms with Crippen molar-refractivity contribution in [3.8, 4) is 5.75 Å². The maximum atomic E-state index is 13.2. The van der Waals surface area contributed by atoms with Gasteiger partial charge in [-0.2, -0.15) is 13.2 Å². The average molecular weight is 605 g/mol. The van der Waals surface area contributed by atoms with Crippen LogP contribution in [-0.4, -0.2) is 55.0 Å². The second-order valence-corrected chi connectivity index (χ2v) is 9.87. The number of esters is 1. The molecule has 44 heavy (non-hydrogen) atoms. The van der Waals surface area contributed by atoms with Crippen LogP contribution in [0.4, 0.5) is 18.9 Å². The molecule has 0 heterocycles. The van der Waals surface area contributed by atoms with Crippen LogP contribution in [0.25, 0.3) is 0 Å². The van der Waals surface area contributed by atoms with Crippen LogP contribution in [0.1, 0.15) is 27.0 Å². The van der Waals surface area contributed by atoms with Crippen molar-refractivity contribution in [2.75, 3.05) is 25.6 Å². The van der Waals surface area contributed by atoms with Crippen LogP contribution >= 0.6 is 0 Å². The number of alkyl halides is 3. The molecule has 0 radical (unpaired) electrons. The van der Waals surface area contributed by atoms with Gasteiger partial charge in [-0.3, -0.25) is 9.59 Å². The summed E-state index contributed by atoms with van der Waals surface area (Å²) in [6.45, 7) is -0.638. The highest BCUT2D eigenvalue weighted by Crippen LogP contribution is 2.23. The van der Waals surface area contributed by atoms with Gasteiger partial charge in [0.15, 0.2) is 5.78 Å². The SMILES string of the molecule is COC(=O)[C@H](Cc1ccc(OCCN(Cc2ccccc2)C(=O)C(F)(F)F)cc1)Nc1ccccc1C(=O)c1ccccc1. The number of benzene rings is 4. The Morgan fingerprint density at radius 1 is 0.795 bits per heavy atom. The van der Waals surface area contributed by atoms with E-state index < -0.39 is 24.1 Å². The van der Waals surface area contributed by atoms with Crippen molar-refractivity contribution in [3.05, 3.63) is 131 Å². The van der Waals surface area contributed by atoms with E-state index in [0.29, 0.717) is 33.0 Å². The lowest BCUT2D eigenvalue weighted by Gasteiger charge is -2.24. The largest absolute Gasteiger partial charge is 0.492 e. The zero-order valence-corrected chi connectivity index (χ0v) is 23.9. The molecule has 0 bridgehead atoms. The molecule has 4 rings (SSSR count). The van der Waals surface area contributed by atoms with Gasteiger partial charge in [0, 0.05) is 29.8 Å². The van der Waals surface area contributed by atoms with Crippen molar-refractivity contribution in [1.82, 2.24) is 4.90 Å². The lowest BCUT2D eigenvalue weighted by atomic mass is 10.00. The number of halogens is 3. The fraction of sp³-hybridized carbons (Fsp3) is 0.206.